The van der Waals surface area contributed by atoms with Crippen molar-refractivity contribution in [3.05, 3.63) is 92.4 Å². The molecule has 0 bridgehead atoms. The van der Waals surface area contributed by atoms with Gasteiger partial charge < -0.3 is 9.47 Å². The molecule has 30 heavy (non-hydrogen) atoms. The molecule has 3 rings (SSSR count). The zero-order valence-electron chi connectivity index (χ0n) is 15.9. The highest BCUT2D eigenvalue weighted by Crippen LogP contribution is 2.31. The molecule has 5 nitrogen and oxygen atoms in total. The van der Waals surface area contributed by atoms with E-state index in [4.69, 9.17) is 44.3 Å². The third kappa shape index (κ3) is 5.66. The van der Waals surface area contributed by atoms with Crippen molar-refractivity contribution in [3.8, 4) is 11.5 Å². The smallest absolute Gasteiger partial charge is 0.271 e. The normalized spacial score (nSPS) is 10.8. The van der Waals surface area contributed by atoms with Crippen molar-refractivity contribution < 1.29 is 14.3 Å². The van der Waals surface area contributed by atoms with Crippen LogP contribution in [0.5, 0.6) is 11.5 Å². The lowest BCUT2D eigenvalue weighted by Crippen LogP contribution is -2.17. The third-order valence-corrected chi connectivity index (χ3v) is 5.07. The van der Waals surface area contributed by atoms with Crippen LogP contribution in [0.3, 0.4) is 0 Å². The van der Waals surface area contributed by atoms with Gasteiger partial charge in [-0.3, -0.25) is 4.79 Å². The first-order valence-corrected chi connectivity index (χ1v) is 9.94. The van der Waals surface area contributed by atoms with E-state index in [-0.39, 0.29) is 12.5 Å². The largest absolute Gasteiger partial charge is 0.493 e. The summed E-state index contributed by atoms with van der Waals surface area (Å²) in [5, 5.41) is 5.58. The average molecular weight is 464 g/mol. The van der Waals surface area contributed by atoms with E-state index in [0.29, 0.717) is 43.3 Å². The molecule has 0 heterocycles. The van der Waals surface area contributed by atoms with E-state index < -0.39 is 0 Å². The number of nitrogens with zero attached hydrogens (tertiary/aromatic N) is 1. The number of hydrogen-bond donors (Lipinski definition) is 1. The molecule has 0 aliphatic rings. The van der Waals surface area contributed by atoms with Crippen LogP contribution >= 0.6 is 34.8 Å². The molecule has 0 spiro atoms. The van der Waals surface area contributed by atoms with Gasteiger partial charge in [0, 0.05) is 26.2 Å². The van der Waals surface area contributed by atoms with E-state index >= 15 is 0 Å². The Morgan fingerprint density at radius 3 is 2.37 bits per heavy atom. The highest BCUT2D eigenvalue weighted by molar-refractivity contribution is 6.36. The van der Waals surface area contributed by atoms with Crippen LogP contribution in [0.4, 0.5) is 0 Å². The van der Waals surface area contributed by atoms with Gasteiger partial charge in [-0.15, -0.1) is 0 Å². The van der Waals surface area contributed by atoms with Gasteiger partial charge in [-0.25, -0.2) is 5.43 Å². The first-order valence-electron chi connectivity index (χ1n) is 8.80. The van der Waals surface area contributed by atoms with Gasteiger partial charge in [0.05, 0.1) is 13.3 Å². The number of hydrogen-bond acceptors (Lipinski definition) is 4. The highest BCUT2D eigenvalue weighted by atomic mass is 35.5. The van der Waals surface area contributed by atoms with E-state index in [1.54, 1.807) is 67.8 Å². The minimum atomic E-state index is -0.346. The molecular weight excluding hydrogens is 447 g/mol. The maximum absolute atomic E-state index is 12.1. The maximum atomic E-state index is 12.1. The number of carbonyl (C=O) groups excluding carboxylic acids is 1. The number of amides is 1. The maximum Gasteiger partial charge on any atom is 0.271 e. The minimum absolute atomic E-state index is 0.169. The van der Waals surface area contributed by atoms with E-state index in [0.717, 1.165) is 0 Å². The summed E-state index contributed by atoms with van der Waals surface area (Å²) in [7, 11) is 1.55. The van der Waals surface area contributed by atoms with Gasteiger partial charge in [-0.1, -0.05) is 40.9 Å². The summed E-state index contributed by atoms with van der Waals surface area (Å²) >= 11 is 18.2. The van der Waals surface area contributed by atoms with Crippen molar-refractivity contribution in [2.45, 2.75) is 6.61 Å². The van der Waals surface area contributed by atoms with Crippen molar-refractivity contribution in [1.29, 1.82) is 0 Å². The summed E-state index contributed by atoms with van der Waals surface area (Å²) in [4.78, 5) is 12.1. The fourth-order valence-electron chi connectivity index (χ4n) is 2.54. The van der Waals surface area contributed by atoms with Crippen LogP contribution < -0.4 is 14.9 Å². The molecule has 8 heteroatoms. The Labute approximate surface area is 189 Å². The average Bonchev–Trinajstić information content (AvgIpc) is 2.74. The highest BCUT2D eigenvalue weighted by Gasteiger charge is 2.10. The summed E-state index contributed by atoms with van der Waals surface area (Å²) in [5.74, 6) is 0.684. The predicted molar refractivity (Wildman–Crippen MR) is 120 cm³/mol. The van der Waals surface area contributed by atoms with E-state index in [1.807, 2.05) is 0 Å². The molecule has 0 fully saturated rings. The number of carbonyl (C=O) groups is 1. The Kier molecular flexibility index (Phi) is 7.57. The van der Waals surface area contributed by atoms with Crippen LogP contribution in [-0.4, -0.2) is 19.2 Å². The molecule has 0 unspecified atom stereocenters. The first-order chi connectivity index (χ1) is 14.5. The number of hydrazone groups is 1. The molecule has 0 radical (unpaired) electrons. The lowest BCUT2D eigenvalue weighted by molar-refractivity contribution is 0.0955. The lowest BCUT2D eigenvalue weighted by Gasteiger charge is -2.13. The molecule has 0 aliphatic heterocycles. The quantitative estimate of drug-likeness (QED) is 0.345. The zero-order valence-corrected chi connectivity index (χ0v) is 18.1. The molecule has 0 aromatic heterocycles. The second-order valence-corrected chi connectivity index (χ2v) is 7.36. The van der Waals surface area contributed by atoms with Crippen molar-refractivity contribution in [2.75, 3.05) is 7.11 Å². The summed E-state index contributed by atoms with van der Waals surface area (Å²) in [6.07, 6.45) is 1.50. The van der Waals surface area contributed by atoms with Crippen LogP contribution in [0.1, 0.15) is 21.5 Å². The van der Waals surface area contributed by atoms with Gasteiger partial charge >= 0.3 is 0 Å². The fraction of sp³-hybridized carbons (Fsp3) is 0.0909. The van der Waals surface area contributed by atoms with E-state index in [2.05, 4.69) is 10.5 Å². The molecule has 1 N–H and O–H groups in total. The Hall–Kier alpha value is -2.73. The SMILES string of the molecule is COc1ccc(/C=N\NC(=O)c2ccc(Cl)cc2)cc1OCc1c(Cl)cccc1Cl. The Morgan fingerprint density at radius 1 is 1.00 bits per heavy atom. The first kappa shape index (κ1) is 22.0. The number of methoxy groups -OCH3 is 1. The van der Waals surface area contributed by atoms with Crippen molar-refractivity contribution >= 4 is 46.9 Å². The van der Waals surface area contributed by atoms with Gasteiger partial charge in [0.2, 0.25) is 0 Å². The second-order valence-electron chi connectivity index (χ2n) is 6.11. The van der Waals surface area contributed by atoms with Gasteiger partial charge in [-0.05, 0) is 60.2 Å². The summed E-state index contributed by atoms with van der Waals surface area (Å²) in [6.45, 7) is 0.169. The van der Waals surface area contributed by atoms with Gasteiger partial charge in [0.15, 0.2) is 11.5 Å². The minimum Gasteiger partial charge on any atom is -0.493 e. The predicted octanol–water partition coefficient (Wildman–Crippen LogP) is 6.00. The van der Waals surface area contributed by atoms with Crippen molar-refractivity contribution in [3.63, 3.8) is 0 Å². The van der Waals surface area contributed by atoms with Crippen LogP contribution in [-0.2, 0) is 6.61 Å². The summed E-state index contributed by atoms with van der Waals surface area (Å²) < 4.78 is 11.2. The van der Waals surface area contributed by atoms with Crippen LogP contribution in [0, 0.1) is 0 Å². The molecule has 0 saturated carbocycles. The molecule has 0 saturated heterocycles. The van der Waals surface area contributed by atoms with Crippen LogP contribution in [0.15, 0.2) is 65.8 Å². The molecule has 3 aromatic carbocycles. The Morgan fingerprint density at radius 2 is 1.70 bits per heavy atom. The number of rotatable bonds is 7. The molecular formula is C22H17Cl3N2O3. The number of benzene rings is 3. The zero-order chi connectivity index (χ0) is 21.5. The standard InChI is InChI=1S/C22H17Cl3N2O3/c1-29-20-10-5-14(12-26-27-22(28)15-6-8-16(23)9-7-15)11-21(20)30-13-17-18(24)3-2-4-19(17)25/h2-12H,13H2,1H3,(H,27,28)/b26-12-. The molecule has 0 atom stereocenters. The van der Waals surface area contributed by atoms with Gasteiger partial charge in [0.25, 0.3) is 5.91 Å². The van der Waals surface area contributed by atoms with E-state index in [1.165, 1.54) is 6.21 Å². The Balaban J connectivity index is 1.70. The number of halogens is 3. The van der Waals surface area contributed by atoms with Gasteiger partial charge in [0.1, 0.15) is 6.61 Å². The monoisotopic (exact) mass is 462 g/mol. The van der Waals surface area contributed by atoms with Crippen molar-refractivity contribution in [2.24, 2.45) is 5.10 Å². The fourth-order valence-corrected chi connectivity index (χ4v) is 3.17. The molecule has 1 amide bonds. The van der Waals surface area contributed by atoms with Crippen LogP contribution in [0.25, 0.3) is 0 Å². The molecule has 0 aliphatic carbocycles. The molecule has 3 aromatic rings. The van der Waals surface area contributed by atoms with Gasteiger partial charge in [-0.2, -0.15) is 5.10 Å². The topological polar surface area (TPSA) is 59.9 Å². The second kappa shape index (κ2) is 10.3. The number of nitrogens with one attached hydrogen (secondary N) is 1. The third-order valence-electron chi connectivity index (χ3n) is 4.11. The van der Waals surface area contributed by atoms with Crippen molar-refractivity contribution in [1.82, 2.24) is 5.43 Å². The van der Waals surface area contributed by atoms with E-state index in [9.17, 15) is 4.79 Å². The van der Waals surface area contributed by atoms with Crippen LogP contribution in [0.2, 0.25) is 15.1 Å². The summed E-state index contributed by atoms with van der Waals surface area (Å²) in [5.41, 5.74) is 4.30. The Bertz CT molecular complexity index is 1050. The number of ether oxygens (including phenoxy) is 2. The molecule has 154 valence electrons. The summed E-state index contributed by atoms with van der Waals surface area (Å²) in [6, 6.07) is 17.0. The lowest BCUT2D eigenvalue weighted by atomic mass is 10.2.